The standard InChI is InChI=1S/C18H17NOS/c20-16-11-17-15(7-10-21-17)18(12-5-8-19-9-6-12)14-4-2-1-3-13(14)16/h1-4,7,10,19H,5-6,8-9,11H2. The molecule has 0 amide bonds. The van der Waals surface area contributed by atoms with Crippen LogP contribution in [0.15, 0.2) is 41.3 Å². The Morgan fingerprint density at radius 3 is 2.52 bits per heavy atom. The van der Waals surface area contributed by atoms with E-state index in [0.717, 1.165) is 37.1 Å². The SMILES string of the molecule is O=C1Cc2sccc2C(=C2CCNCC2)c2ccccc21. The molecule has 21 heavy (non-hydrogen) atoms. The van der Waals surface area contributed by atoms with Gasteiger partial charge in [0.05, 0.1) is 0 Å². The first kappa shape index (κ1) is 13.0. The largest absolute Gasteiger partial charge is 0.316 e. The van der Waals surface area contributed by atoms with Gasteiger partial charge in [0.2, 0.25) is 0 Å². The maximum absolute atomic E-state index is 12.6. The molecule has 0 radical (unpaired) electrons. The topological polar surface area (TPSA) is 29.1 Å². The Morgan fingerprint density at radius 2 is 1.71 bits per heavy atom. The number of fused-ring (bicyclic) bond motifs is 2. The van der Waals surface area contributed by atoms with Crippen molar-refractivity contribution in [1.29, 1.82) is 0 Å². The molecule has 2 aliphatic rings. The molecule has 3 heteroatoms. The maximum Gasteiger partial charge on any atom is 0.168 e. The molecule has 0 unspecified atom stereocenters. The first-order chi connectivity index (χ1) is 10.3. The van der Waals surface area contributed by atoms with Crippen molar-refractivity contribution in [3.05, 3.63) is 62.9 Å². The molecule has 1 aliphatic carbocycles. The zero-order valence-electron chi connectivity index (χ0n) is 11.8. The van der Waals surface area contributed by atoms with Gasteiger partial charge >= 0.3 is 0 Å². The fourth-order valence-corrected chi connectivity index (χ4v) is 4.27. The van der Waals surface area contributed by atoms with Gasteiger partial charge < -0.3 is 5.32 Å². The van der Waals surface area contributed by atoms with Gasteiger partial charge in [0, 0.05) is 16.9 Å². The Hall–Kier alpha value is -1.71. The van der Waals surface area contributed by atoms with Crippen LogP contribution >= 0.6 is 11.3 Å². The van der Waals surface area contributed by atoms with E-state index in [9.17, 15) is 4.79 Å². The van der Waals surface area contributed by atoms with Crippen LogP contribution in [-0.4, -0.2) is 18.9 Å². The lowest BCUT2D eigenvalue weighted by atomic mass is 9.88. The number of piperidine rings is 1. The van der Waals surface area contributed by atoms with Gasteiger partial charge in [-0.25, -0.2) is 0 Å². The zero-order valence-corrected chi connectivity index (χ0v) is 12.6. The van der Waals surface area contributed by atoms with Gasteiger partial charge in [-0.1, -0.05) is 29.8 Å². The first-order valence-electron chi connectivity index (χ1n) is 7.46. The third-order valence-electron chi connectivity index (χ3n) is 4.39. The van der Waals surface area contributed by atoms with E-state index in [2.05, 4.69) is 22.8 Å². The molecule has 0 saturated carbocycles. The third kappa shape index (κ3) is 2.17. The number of hydrogen-bond donors (Lipinski definition) is 1. The van der Waals surface area contributed by atoms with Gasteiger partial charge in [-0.15, -0.1) is 11.3 Å². The molecule has 4 rings (SSSR count). The molecule has 2 aromatic rings. The lowest BCUT2D eigenvalue weighted by Crippen LogP contribution is -2.24. The molecule has 106 valence electrons. The Balaban J connectivity index is 2.01. The molecular weight excluding hydrogens is 278 g/mol. The summed E-state index contributed by atoms with van der Waals surface area (Å²) in [6.07, 6.45) is 2.69. The third-order valence-corrected chi connectivity index (χ3v) is 5.31. The van der Waals surface area contributed by atoms with Gasteiger partial charge in [0.25, 0.3) is 0 Å². The Bertz CT molecular complexity index is 733. The van der Waals surface area contributed by atoms with Gasteiger partial charge in [0.15, 0.2) is 5.78 Å². The summed E-state index contributed by atoms with van der Waals surface area (Å²) in [5, 5.41) is 5.54. The van der Waals surface area contributed by atoms with Crippen LogP contribution in [0.2, 0.25) is 0 Å². The zero-order chi connectivity index (χ0) is 14.2. The molecule has 2 nitrogen and oxygen atoms in total. The van der Waals surface area contributed by atoms with E-state index in [1.165, 1.54) is 21.6 Å². The Kier molecular flexibility index (Phi) is 3.24. The number of hydrogen-bond acceptors (Lipinski definition) is 3. The van der Waals surface area contributed by atoms with Crippen molar-refractivity contribution in [2.75, 3.05) is 13.1 Å². The average Bonchev–Trinajstić information content (AvgIpc) is 2.93. The van der Waals surface area contributed by atoms with Gasteiger partial charge in [0.1, 0.15) is 0 Å². The molecule has 1 aromatic carbocycles. The second-order valence-corrected chi connectivity index (χ2v) is 6.63. The summed E-state index contributed by atoms with van der Waals surface area (Å²) in [7, 11) is 0. The highest BCUT2D eigenvalue weighted by Gasteiger charge is 2.26. The summed E-state index contributed by atoms with van der Waals surface area (Å²) >= 11 is 1.71. The van der Waals surface area contributed by atoms with E-state index < -0.39 is 0 Å². The van der Waals surface area contributed by atoms with E-state index in [0.29, 0.717) is 6.42 Å². The normalized spacial score (nSPS) is 18.2. The second kappa shape index (κ2) is 5.24. The van der Waals surface area contributed by atoms with E-state index >= 15 is 0 Å². The van der Waals surface area contributed by atoms with Gasteiger partial charge in [-0.05, 0) is 54.1 Å². The molecule has 0 spiro atoms. The van der Waals surface area contributed by atoms with Crippen molar-refractivity contribution in [1.82, 2.24) is 5.32 Å². The highest BCUT2D eigenvalue weighted by molar-refractivity contribution is 7.10. The van der Waals surface area contributed by atoms with E-state index in [-0.39, 0.29) is 5.78 Å². The molecule has 1 saturated heterocycles. The number of nitrogens with one attached hydrogen (secondary N) is 1. The van der Waals surface area contributed by atoms with E-state index in [1.54, 1.807) is 11.3 Å². The quantitative estimate of drug-likeness (QED) is 0.803. The average molecular weight is 295 g/mol. The number of Topliss-reactive ketones (excluding diaryl/α,β-unsaturated/α-hetero) is 1. The van der Waals surface area contributed by atoms with Crippen molar-refractivity contribution in [3.8, 4) is 0 Å². The fourth-order valence-electron chi connectivity index (χ4n) is 3.39. The Morgan fingerprint density at radius 1 is 0.952 bits per heavy atom. The van der Waals surface area contributed by atoms with Crippen molar-refractivity contribution >= 4 is 22.7 Å². The highest BCUT2D eigenvalue weighted by atomic mass is 32.1. The number of carbonyl (C=O) groups is 1. The number of ketones is 1. The monoisotopic (exact) mass is 295 g/mol. The van der Waals surface area contributed by atoms with Crippen LogP contribution in [0.5, 0.6) is 0 Å². The lowest BCUT2D eigenvalue weighted by Gasteiger charge is -2.21. The van der Waals surface area contributed by atoms with Crippen LogP contribution in [0.1, 0.15) is 39.2 Å². The van der Waals surface area contributed by atoms with Gasteiger partial charge in [-0.3, -0.25) is 4.79 Å². The predicted octanol–water partition coefficient (Wildman–Crippen LogP) is 3.67. The van der Waals surface area contributed by atoms with Crippen molar-refractivity contribution < 1.29 is 4.79 Å². The molecule has 2 heterocycles. The number of carbonyl (C=O) groups excluding carboxylic acids is 1. The van der Waals surface area contributed by atoms with Crippen molar-refractivity contribution in [3.63, 3.8) is 0 Å². The molecule has 1 fully saturated rings. The minimum atomic E-state index is 0.249. The molecule has 0 atom stereocenters. The van der Waals surface area contributed by atoms with Crippen LogP contribution in [0, 0.1) is 0 Å². The fraction of sp³-hybridized carbons (Fsp3) is 0.278. The maximum atomic E-state index is 12.6. The molecule has 1 aliphatic heterocycles. The van der Waals surface area contributed by atoms with Gasteiger partial charge in [-0.2, -0.15) is 0 Å². The Labute approximate surface area is 128 Å². The molecule has 1 N–H and O–H groups in total. The summed E-state index contributed by atoms with van der Waals surface area (Å²) in [4.78, 5) is 13.8. The van der Waals surface area contributed by atoms with Crippen molar-refractivity contribution in [2.24, 2.45) is 0 Å². The summed E-state index contributed by atoms with van der Waals surface area (Å²) in [6, 6.07) is 10.3. The first-order valence-corrected chi connectivity index (χ1v) is 8.34. The second-order valence-electron chi connectivity index (χ2n) is 5.63. The van der Waals surface area contributed by atoms with E-state index in [1.807, 2.05) is 18.2 Å². The molecule has 0 bridgehead atoms. The smallest absolute Gasteiger partial charge is 0.168 e. The van der Waals surface area contributed by atoms with Crippen LogP contribution in [0.3, 0.4) is 0 Å². The minimum absolute atomic E-state index is 0.249. The molecule has 1 aromatic heterocycles. The van der Waals surface area contributed by atoms with Crippen LogP contribution in [0.25, 0.3) is 5.57 Å². The minimum Gasteiger partial charge on any atom is -0.316 e. The summed E-state index contributed by atoms with van der Waals surface area (Å²) in [5.74, 6) is 0.249. The van der Waals surface area contributed by atoms with Crippen molar-refractivity contribution in [2.45, 2.75) is 19.3 Å². The summed E-state index contributed by atoms with van der Waals surface area (Å²) in [5.41, 5.74) is 6.14. The molecular formula is C18H17NOS. The van der Waals surface area contributed by atoms with E-state index in [4.69, 9.17) is 0 Å². The number of thiophene rings is 1. The lowest BCUT2D eigenvalue weighted by molar-refractivity contribution is 0.0994. The highest BCUT2D eigenvalue weighted by Crippen LogP contribution is 2.39. The summed E-state index contributed by atoms with van der Waals surface area (Å²) in [6.45, 7) is 2.07. The summed E-state index contributed by atoms with van der Waals surface area (Å²) < 4.78 is 0. The van der Waals surface area contributed by atoms with Crippen LogP contribution < -0.4 is 5.32 Å². The number of benzene rings is 1. The van der Waals surface area contributed by atoms with Crippen LogP contribution in [-0.2, 0) is 6.42 Å². The van der Waals surface area contributed by atoms with Crippen LogP contribution in [0.4, 0.5) is 0 Å². The predicted molar refractivity (Wildman–Crippen MR) is 86.9 cm³/mol. The number of rotatable bonds is 0.